The molecule has 0 unspecified atom stereocenters. The third kappa shape index (κ3) is 1.53. The maximum Gasteiger partial charge on any atom is 0.174 e. The maximum absolute atomic E-state index is 12.1. The molecular weight excluding hydrogens is 252 g/mol. The lowest BCUT2D eigenvalue weighted by molar-refractivity contribution is -0.130. The van der Waals surface area contributed by atoms with Crippen molar-refractivity contribution < 1.29 is 17.9 Å². The molecule has 2 aliphatic heterocycles. The number of fused-ring (bicyclic) bond motifs is 5. The van der Waals surface area contributed by atoms with Gasteiger partial charge in [0.25, 0.3) is 0 Å². The van der Waals surface area contributed by atoms with Crippen molar-refractivity contribution in [3.63, 3.8) is 0 Å². The van der Waals surface area contributed by atoms with Gasteiger partial charge in [0.1, 0.15) is 5.78 Å². The Bertz CT molecular complexity index is 543. The molecule has 3 rings (SSSR count). The number of carbonyl (C=O) groups excluding carboxylic acids is 1. The molecule has 0 aromatic carbocycles. The van der Waals surface area contributed by atoms with Crippen LogP contribution in [-0.2, 0) is 19.4 Å². The highest BCUT2D eigenvalue weighted by molar-refractivity contribution is 7.94. The minimum Gasteiger partial charge on any atom is -0.364 e. The van der Waals surface area contributed by atoms with E-state index >= 15 is 0 Å². The summed E-state index contributed by atoms with van der Waals surface area (Å²) in [6, 6.07) is 0. The number of carbonyl (C=O) groups is 1. The first-order chi connectivity index (χ1) is 8.22. The zero-order chi connectivity index (χ0) is 13.3. The second-order valence-corrected chi connectivity index (χ2v) is 8.38. The van der Waals surface area contributed by atoms with Gasteiger partial charge in [0.2, 0.25) is 0 Å². The van der Waals surface area contributed by atoms with Gasteiger partial charge < -0.3 is 4.74 Å². The molecule has 0 radical (unpaired) electrons. The lowest BCUT2D eigenvalue weighted by atomic mass is 9.60. The molecule has 1 saturated carbocycles. The van der Waals surface area contributed by atoms with Crippen LogP contribution in [0.1, 0.15) is 26.7 Å². The number of hydrogen-bond donors (Lipinski definition) is 0. The van der Waals surface area contributed by atoms with Gasteiger partial charge in [-0.05, 0) is 17.9 Å². The summed E-state index contributed by atoms with van der Waals surface area (Å²) >= 11 is 0. The van der Waals surface area contributed by atoms with E-state index in [2.05, 4.69) is 13.8 Å². The molecule has 0 amide bonds. The SMILES string of the molecule is CC1(C)CCC(=O)[C@H]2[C@@H]1[C@H]1O[C@@H]2C=C1S(C)(=O)=O. The zero-order valence-corrected chi connectivity index (χ0v) is 11.7. The van der Waals surface area contributed by atoms with Gasteiger partial charge >= 0.3 is 0 Å². The first kappa shape index (κ1) is 12.4. The van der Waals surface area contributed by atoms with Crippen LogP contribution in [0.5, 0.6) is 0 Å². The van der Waals surface area contributed by atoms with E-state index in [0.717, 1.165) is 6.42 Å². The Morgan fingerprint density at radius 1 is 1.39 bits per heavy atom. The smallest absolute Gasteiger partial charge is 0.174 e. The molecule has 1 saturated heterocycles. The Morgan fingerprint density at radius 2 is 2.06 bits per heavy atom. The lowest BCUT2D eigenvalue weighted by Crippen LogP contribution is -2.46. The highest BCUT2D eigenvalue weighted by Crippen LogP contribution is 2.56. The van der Waals surface area contributed by atoms with Crippen LogP contribution in [0.4, 0.5) is 0 Å². The molecule has 100 valence electrons. The van der Waals surface area contributed by atoms with Gasteiger partial charge in [-0.25, -0.2) is 8.42 Å². The van der Waals surface area contributed by atoms with Crippen LogP contribution >= 0.6 is 0 Å². The number of rotatable bonds is 1. The molecule has 2 heterocycles. The quantitative estimate of drug-likeness (QED) is 0.721. The normalized spacial score (nSPS) is 41.7. The highest BCUT2D eigenvalue weighted by atomic mass is 32.2. The highest BCUT2D eigenvalue weighted by Gasteiger charge is 2.60. The number of ether oxygens (including phenoxy) is 1. The molecule has 4 nitrogen and oxygen atoms in total. The van der Waals surface area contributed by atoms with Gasteiger partial charge in [0.15, 0.2) is 9.84 Å². The van der Waals surface area contributed by atoms with Gasteiger partial charge in [-0.1, -0.05) is 13.8 Å². The number of ketones is 1. The largest absolute Gasteiger partial charge is 0.364 e. The van der Waals surface area contributed by atoms with E-state index in [4.69, 9.17) is 4.74 Å². The molecule has 0 N–H and O–H groups in total. The summed E-state index contributed by atoms with van der Waals surface area (Å²) in [5.41, 5.74) is -0.0395. The van der Waals surface area contributed by atoms with Gasteiger partial charge in [-0.3, -0.25) is 4.79 Å². The van der Waals surface area contributed by atoms with Crippen molar-refractivity contribution in [1.29, 1.82) is 0 Å². The topological polar surface area (TPSA) is 60.4 Å². The molecule has 2 fully saturated rings. The second kappa shape index (κ2) is 3.45. The first-order valence-electron chi connectivity index (χ1n) is 6.32. The molecule has 5 heteroatoms. The zero-order valence-electron chi connectivity index (χ0n) is 10.8. The maximum atomic E-state index is 12.1. The third-order valence-electron chi connectivity index (χ3n) is 4.70. The summed E-state index contributed by atoms with van der Waals surface area (Å²) in [5, 5.41) is 0. The standard InChI is InChI=1S/C13H18O4S/c1-13(2)5-4-7(14)10-8-6-9(18(3,15)16)12(17-8)11(10)13/h6,8,10-12H,4-5H2,1-3H3/t8-,10-,11-,12+/m1/s1. The summed E-state index contributed by atoms with van der Waals surface area (Å²) in [6.45, 7) is 4.22. The monoisotopic (exact) mass is 270 g/mol. The second-order valence-electron chi connectivity index (χ2n) is 6.37. The molecule has 0 aromatic rings. The van der Waals surface area contributed by atoms with Crippen molar-refractivity contribution in [2.24, 2.45) is 17.3 Å². The summed E-state index contributed by atoms with van der Waals surface area (Å²) in [4.78, 5) is 12.4. The van der Waals surface area contributed by atoms with Gasteiger partial charge in [0.05, 0.1) is 23.0 Å². The van der Waals surface area contributed by atoms with Crippen molar-refractivity contribution in [2.75, 3.05) is 6.26 Å². The summed E-state index contributed by atoms with van der Waals surface area (Å²) in [7, 11) is -3.23. The van der Waals surface area contributed by atoms with Gasteiger partial charge in [-0.15, -0.1) is 0 Å². The molecule has 2 bridgehead atoms. The van der Waals surface area contributed by atoms with Crippen molar-refractivity contribution in [1.82, 2.24) is 0 Å². The Labute approximate surface area is 107 Å². The van der Waals surface area contributed by atoms with Crippen molar-refractivity contribution in [3.05, 3.63) is 11.0 Å². The fourth-order valence-corrected chi connectivity index (χ4v) is 4.77. The lowest BCUT2D eigenvalue weighted by Gasteiger charge is -2.43. The van der Waals surface area contributed by atoms with Gasteiger partial charge in [0, 0.05) is 18.6 Å². The fraction of sp³-hybridized carbons (Fsp3) is 0.769. The predicted octanol–water partition coefficient (Wildman–Crippen LogP) is 1.32. The van der Waals surface area contributed by atoms with E-state index in [1.807, 2.05) is 0 Å². The molecular formula is C13H18O4S. The molecule has 0 spiro atoms. The van der Waals surface area contributed by atoms with Crippen LogP contribution in [0.3, 0.4) is 0 Å². The summed E-state index contributed by atoms with van der Waals surface area (Å²) < 4.78 is 29.3. The Morgan fingerprint density at radius 3 is 2.67 bits per heavy atom. The van der Waals surface area contributed by atoms with E-state index in [1.54, 1.807) is 6.08 Å². The van der Waals surface area contributed by atoms with E-state index in [1.165, 1.54) is 6.26 Å². The minimum atomic E-state index is -3.23. The fourth-order valence-electron chi connectivity index (χ4n) is 3.77. The van der Waals surface area contributed by atoms with Crippen molar-refractivity contribution in [2.45, 2.75) is 38.9 Å². The van der Waals surface area contributed by atoms with E-state index in [9.17, 15) is 13.2 Å². The van der Waals surface area contributed by atoms with Crippen LogP contribution in [0.15, 0.2) is 11.0 Å². The third-order valence-corrected chi connectivity index (χ3v) is 5.92. The Kier molecular flexibility index (Phi) is 2.37. The Balaban J connectivity index is 2.07. The minimum absolute atomic E-state index is 0.0125. The first-order valence-corrected chi connectivity index (χ1v) is 8.21. The molecule has 18 heavy (non-hydrogen) atoms. The molecule has 4 atom stereocenters. The molecule has 1 aliphatic carbocycles. The average molecular weight is 270 g/mol. The number of hydrogen-bond acceptors (Lipinski definition) is 4. The summed E-state index contributed by atoms with van der Waals surface area (Å²) in [5.74, 6) is 0.110. The average Bonchev–Trinajstić information content (AvgIpc) is 2.80. The Hall–Kier alpha value is -0.680. The predicted molar refractivity (Wildman–Crippen MR) is 66.6 cm³/mol. The van der Waals surface area contributed by atoms with Crippen molar-refractivity contribution >= 4 is 15.6 Å². The van der Waals surface area contributed by atoms with Crippen LogP contribution in [0.2, 0.25) is 0 Å². The van der Waals surface area contributed by atoms with Gasteiger partial charge in [-0.2, -0.15) is 0 Å². The van der Waals surface area contributed by atoms with E-state index < -0.39 is 15.9 Å². The molecule has 3 aliphatic rings. The van der Waals surface area contributed by atoms with E-state index in [-0.39, 0.29) is 29.1 Å². The number of Topliss-reactive ketones (excluding diaryl/α,β-unsaturated/α-hetero) is 1. The van der Waals surface area contributed by atoms with Crippen LogP contribution in [0, 0.1) is 17.3 Å². The van der Waals surface area contributed by atoms with E-state index in [0.29, 0.717) is 11.3 Å². The number of sulfone groups is 1. The van der Waals surface area contributed by atoms with Crippen LogP contribution in [-0.4, -0.2) is 32.7 Å². The van der Waals surface area contributed by atoms with Crippen molar-refractivity contribution in [3.8, 4) is 0 Å². The summed E-state index contributed by atoms with van der Waals surface area (Å²) in [6.07, 6.45) is 3.54. The molecule has 0 aromatic heterocycles. The van der Waals surface area contributed by atoms with Crippen LogP contribution < -0.4 is 0 Å². The van der Waals surface area contributed by atoms with Crippen LogP contribution in [0.25, 0.3) is 0 Å².